The monoisotopic (exact) mass is 254 g/mol. The highest BCUT2D eigenvalue weighted by Crippen LogP contribution is 2.32. The molecule has 1 aliphatic carbocycles. The molecular formula is C15H30N2O. The van der Waals surface area contributed by atoms with E-state index < -0.39 is 0 Å². The van der Waals surface area contributed by atoms with Crippen LogP contribution in [0.1, 0.15) is 39.5 Å². The molecule has 2 unspecified atom stereocenters. The first kappa shape index (κ1) is 14.3. The molecule has 0 aromatic rings. The molecule has 2 rings (SSSR count). The number of nitrogens with one attached hydrogen (secondary N) is 1. The maximum Gasteiger partial charge on any atom is 0.0618 e. The minimum Gasteiger partial charge on any atom is -0.383 e. The van der Waals surface area contributed by atoms with Crippen LogP contribution in [0.5, 0.6) is 0 Å². The Morgan fingerprint density at radius 1 is 1.22 bits per heavy atom. The topological polar surface area (TPSA) is 24.5 Å². The van der Waals surface area contributed by atoms with Crippen molar-refractivity contribution in [2.75, 3.05) is 33.4 Å². The Bertz CT molecular complexity index is 235. The van der Waals surface area contributed by atoms with Crippen molar-refractivity contribution >= 4 is 0 Å². The molecule has 1 aliphatic heterocycles. The fourth-order valence-corrected chi connectivity index (χ4v) is 3.17. The third-order valence-corrected chi connectivity index (χ3v) is 4.51. The number of hydrogen-bond acceptors (Lipinski definition) is 3. The second kappa shape index (κ2) is 6.88. The molecule has 1 N–H and O–H groups in total. The standard InChI is InChI=1S/C15H30N2O/c1-12(2)15(17-8-4-5-9-17)10-16-14(11-18-3)13-6-7-13/h12-16H,4-11H2,1-3H3. The Kier molecular flexibility index (Phi) is 5.46. The summed E-state index contributed by atoms with van der Waals surface area (Å²) in [5.74, 6) is 1.61. The van der Waals surface area contributed by atoms with Crippen LogP contribution in [0.4, 0.5) is 0 Å². The van der Waals surface area contributed by atoms with Gasteiger partial charge in [-0.15, -0.1) is 0 Å². The van der Waals surface area contributed by atoms with Crippen LogP contribution in [-0.2, 0) is 4.74 Å². The van der Waals surface area contributed by atoms with E-state index in [0.717, 1.165) is 25.0 Å². The number of rotatable bonds is 8. The highest BCUT2D eigenvalue weighted by atomic mass is 16.5. The van der Waals surface area contributed by atoms with Gasteiger partial charge in [0.2, 0.25) is 0 Å². The zero-order valence-electron chi connectivity index (χ0n) is 12.3. The number of likely N-dealkylation sites (tertiary alicyclic amines) is 1. The molecule has 2 aliphatic rings. The van der Waals surface area contributed by atoms with Gasteiger partial charge in [0.25, 0.3) is 0 Å². The van der Waals surface area contributed by atoms with Crippen molar-refractivity contribution in [3.05, 3.63) is 0 Å². The first-order chi connectivity index (χ1) is 8.72. The van der Waals surface area contributed by atoms with E-state index in [0.29, 0.717) is 12.1 Å². The lowest BCUT2D eigenvalue weighted by molar-refractivity contribution is 0.138. The number of hydrogen-bond donors (Lipinski definition) is 1. The van der Waals surface area contributed by atoms with Crippen LogP contribution in [0.15, 0.2) is 0 Å². The molecular weight excluding hydrogens is 224 g/mol. The third kappa shape index (κ3) is 3.94. The molecule has 2 fully saturated rings. The maximum absolute atomic E-state index is 5.35. The maximum atomic E-state index is 5.35. The Morgan fingerprint density at radius 3 is 2.39 bits per heavy atom. The quantitative estimate of drug-likeness (QED) is 0.718. The highest BCUT2D eigenvalue weighted by molar-refractivity contribution is 4.89. The molecule has 0 aromatic heterocycles. The minimum absolute atomic E-state index is 0.582. The first-order valence-corrected chi connectivity index (χ1v) is 7.68. The molecule has 0 aromatic carbocycles. The Labute approximate surface area is 112 Å². The summed E-state index contributed by atoms with van der Waals surface area (Å²) in [6, 6.07) is 1.28. The average molecular weight is 254 g/mol. The zero-order chi connectivity index (χ0) is 13.0. The molecule has 18 heavy (non-hydrogen) atoms. The van der Waals surface area contributed by atoms with E-state index in [4.69, 9.17) is 4.74 Å². The van der Waals surface area contributed by atoms with Crippen molar-refractivity contribution in [2.24, 2.45) is 11.8 Å². The van der Waals surface area contributed by atoms with Gasteiger partial charge in [-0.1, -0.05) is 13.8 Å². The van der Waals surface area contributed by atoms with Gasteiger partial charge in [-0.3, -0.25) is 4.90 Å². The van der Waals surface area contributed by atoms with Gasteiger partial charge < -0.3 is 10.1 Å². The predicted molar refractivity (Wildman–Crippen MR) is 75.8 cm³/mol. The molecule has 106 valence electrons. The zero-order valence-corrected chi connectivity index (χ0v) is 12.3. The van der Waals surface area contributed by atoms with Gasteiger partial charge in [0.1, 0.15) is 0 Å². The van der Waals surface area contributed by atoms with E-state index in [-0.39, 0.29) is 0 Å². The summed E-state index contributed by atoms with van der Waals surface area (Å²) in [7, 11) is 1.82. The second-order valence-electron chi connectivity index (χ2n) is 6.36. The normalized spacial score (nSPS) is 24.7. The smallest absolute Gasteiger partial charge is 0.0618 e. The van der Waals surface area contributed by atoms with Gasteiger partial charge in [0, 0.05) is 25.7 Å². The molecule has 1 saturated heterocycles. The molecule has 1 saturated carbocycles. The highest BCUT2D eigenvalue weighted by Gasteiger charge is 2.32. The number of ether oxygens (including phenoxy) is 1. The van der Waals surface area contributed by atoms with E-state index in [1.807, 2.05) is 7.11 Å². The van der Waals surface area contributed by atoms with E-state index in [9.17, 15) is 0 Å². The Hall–Kier alpha value is -0.120. The Morgan fingerprint density at radius 2 is 1.89 bits per heavy atom. The van der Waals surface area contributed by atoms with Crippen molar-refractivity contribution in [3.63, 3.8) is 0 Å². The summed E-state index contributed by atoms with van der Waals surface area (Å²) < 4.78 is 5.35. The van der Waals surface area contributed by atoms with Gasteiger partial charge in [-0.25, -0.2) is 0 Å². The van der Waals surface area contributed by atoms with E-state index in [2.05, 4.69) is 24.1 Å². The first-order valence-electron chi connectivity index (χ1n) is 7.68. The molecule has 0 spiro atoms. The largest absolute Gasteiger partial charge is 0.383 e. The van der Waals surface area contributed by atoms with Gasteiger partial charge in [-0.2, -0.15) is 0 Å². The van der Waals surface area contributed by atoms with Gasteiger partial charge in [0.05, 0.1) is 6.61 Å². The lowest BCUT2D eigenvalue weighted by atomic mass is 10.0. The fraction of sp³-hybridized carbons (Fsp3) is 1.00. The number of methoxy groups -OCH3 is 1. The van der Waals surface area contributed by atoms with Gasteiger partial charge >= 0.3 is 0 Å². The molecule has 0 radical (unpaired) electrons. The van der Waals surface area contributed by atoms with E-state index >= 15 is 0 Å². The van der Waals surface area contributed by atoms with Crippen LogP contribution in [0.25, 0.3) is 0 Å². The van der Waals surface area contributed by atoms with E-state index in [1.165, 1.54) is 38.8 Å². The third-order valence-electron chi connectivity index (χ3n) is 4.51. The molecule has 1 heterocycles. The minimum atomic E-state index is 0.582. The summed E-state index contributed by atoms with van der Waals surface area (Å²) in [5, 5.41) is 3.77. The van der Waals surface area contributed by atoms with Crippen LogP contribution < -0.4 is 5.32 Å². The van der Waals surface area contributed by atoms with Crippen LogP contribution in [0.2, 0.25) is 0 Å². The fourth-order valence-electron chi connectivity index (χ4n) is 3.17. The van der Waals surface area contributed by atoms with Gasteiger partial charge in [-0.05, 0) is 50.6 Å². The van der Waals surface area contributed by atoms with Crippen molar-refractivity contribution in [1.82, 2.24) is 10.2 Å². The van der Waals surface area contributed by atoms with Gasteiger partial charge in [0.15, 0.2) is 0 Å². The summed E-state index contributed by atoms with van der Waals surface area (Å²) in [6.45, 7) is 9.30. The summed E-state index contributed by atoms with van der Waals surface area (Å²) in [5.41, 5.74) is 0. The lowest BCUT2D eigenvalue weighted by Crippen LogP contribution is -2.48. The van der Waals surface area contributed by atoms with Crippen molar-refractivity contribution < 1.29 is 4.74 Å². The molecule has 3 nitrogen and oxygen atoms in total. The Balaban J connectivity index is 1.80. The summed E-state index contributed by atoms with van der Waals surface area (Å²) in [4.78, 5) is 2.68. The van der Waals surface area contributed by atoms with Crippen LogP contribution in [0.3, 0.4) is 0 Å². The second-order valence-corrected chi connectivity index (χ2v) is 6.36. The van der Waals surface area contributed by atoms with E-state index in [1.54, 1.807) is 0 Å². The lowest BCUT2D eigenvalue weighted by Gasteiger charge is -2.32. The SMILES string of the molecule is COCC(NCC(C(C)C)N1CCCC1)C1CC1. The van der Waals surface area contributed by atoms with Crippen molar-refractivity contribution in [3.8, 4) is 0 Å². The summed E-state index contributed by atoms with van der Waals surface area (Å²) >= 11 is 0. The summed E-state index contributed by atoms with van der Waals surface area (Å²) in [6.07, 6.45) is 5.54. The van der Waals surface area contributed by atoms with Crippen LogP contribution in [0, 0.1) is 11.8 Å². The van der Waals surface area contributed by atoms with Crippen molar-refractivity contribution in [2.45, 2.75) is 51.6 Å². The molecule has 0 bridgehead atoms. The predicted octanol–water partition coefficient (Wildman–Crippen LogP) is 2.12. The van der Waals surface area contributed by atoms with Crippen LogP contribution in [-0.4, -0.2) is 50.3 Å². The number of nitrogens with zero attached hydrogens (tertiary/aromatic N) is 1. The molecule has 3 heteroatoms. The molecule has 0 amide bonds. The molecule has 2 atom stereocenters. The average Bonchev–Trinajstić information content (AvgIpc) is 3.05. The van der Waals surface area contributed by atoms with Crippen LogP contribution >= 0.6 is 0 Å². The van der Waals surface area contributed by atoms with Crippen molar-refractivity contribution in [1.29, 1.82) is 0 Å².